The molecule has 0 unspecified atom stereocenters. The summed E-state index contributed by atoms with van der Waals surface area (Å²) in [7, 11) is 0. The minimum absolute atomic E-state index is 0.563. The van der Waals surface area contributed by atoms with E-state index in [1.807, 2.05) is 12.1 Å². The summed E-state index contributed by atoms with van der Waals surface area (Å²) in [5.74, 6) is 0. The molecular weight excluding hydrogens is 340 g/mol. The Balaban J connectivity index is 1.75. The Labute approximate surface area is 166 Å². The molecule has 0 aromatic heterocycles. The molecule has 0 radical (unpaired) electrons. The van der Waals surface area contributed by atoms with Crippen LogP contribution in [0.15, 0.2) is 91.0 Å². The van der Waals surface area contributed by atoms with Crippen molar-refractivity contribution in [3.05, 3.63) is 102 Å². The monoisotopic (exact) mass is 364 g/mol. The summed E-state index contributed by atoms with van der Waals surface area (Å²) in [5.41, 5.74) is 22.0. The predicted octanol–water partition coefficient (Wildman–Crippen LogP) is 6.04. The van der Waals surface area contributed by atoms with Crippen LogP contribution in [0.3, 0.4) is 0 Å². The van der Waals surface area contributed by atoms with Crippen molar-refractivity contribution in [1.29, 1.82) is 0 Å². The number of nitrogens with two attached hydrogens (primary N) is 2. The molecule has 4 aromatic carbocycles. The van der Waals surface area contributed by atoms with Gasteiger partial charge in [-0.1, -0.05) is 78.9 Å². The van der Waals surface area contributed by atoms with Crippen LogP contribution in [0.5, 0.6) is 0 Å². The molecule has 0 aliphatic rings. The fraction of sp³-hybridized carbons (Fsp3) is 0.0769. The second-order valence-corrected chi connectivity index (χ2v) is 7.10. The van der Waals surface area contributed by atoms with Gasteiger partial charge in [-0.2, -0.15) is 0 Å². The normalized spacial score (nSPS) is 10.8. The molecule has 0 aliphatic carbocycles. The van der Waals surface area contributed by atoms with Gasteiger partial charge in [-0.3, -0.25) is 0 Å². The topological polar surface area (TPSA) is 52.0 Å². The van der Waals surface area contributed by atoms with E-state index in [-0.39, 0.29) is 0 Å². The highest BCUT2D eigenvalue weighted by Gasteiger charge is 2.09. The number of aryl methyl sites for hydroxylation is 1. The molecule has 2 heteroatoms. The first-order valence-corrected chi connectivity index (χ1v) is 9.51. The van der Waals surface area contributed by atoms with Crippen molar-refractivity contribution >= 4 is 5.69 Å². The lowest BCUT2D eigenvalue weighted by Gasteiger charge is -2.13. The van der Waals surface area contributed by atoms with Gasteiger partial charge in [0, 0.05) is 12.2 Å². The second-order valence-electron chi connectivity index (χ2n) is 7.10. The first kappa shape index (κ1) is 18.0. The highest BCUT2D eigenvalue weighted by Crippen LogP contribution is 2.35. The smallest absolute Gasteiger partial charge is 0.0314 e. The molecule has 2 nitrogen and oxygen atoms in total. The van der Waals surface area contributed by atoms with E-state index in [1.165, 1.54) is 38.9 Å². The highest BCUT2D eigenvalue weighted by molar-refractivity contribution is 5.85. The largest absolute Gasteiger partial charge is 0.399 e. The van der Waals surface area contributed by atoms with Gasteiger partial charge in [0.25, 0.3) is 0 Å². The molecule has 0 atom stereocenters. The summed E-state index contributed by atoms with van der Waals surface area (Å²) in [5, 5.41) is 0. The van der Waals surface area contributed by atoms with E-state index in [0.29, 0.717) is 6.54 Å². The van der Waals surface area contributed by atoms with Gasteiger partial charge in [0.05, 0.1) is 0 Å². The maximum Gasteiger partial charge on any atom is 0.0314 e. The maximum absolute atomic E-state index is 5.83. The van der Waals surface area contributed by atoms with Crippen LogP contribution in [0.2, 0.25) is 0 Å². The van der Waals surface area contributed by atoms with E-state index < -0.39 is 0 Å². The molecule has 0 saturated carbocycles. The van der Waals surface area contributed by atoms with Crippen molar-refractivity contribution in [2.45, 2.75) is 13.5 Å². The predicted molar refractivity (Wildman–Crippen MR) is 120 cm³/mol. The molecule has 4 rings (SSSR count). The Morgan fingerprint density at radius 1 is 0.607 bits per heavy atom. The molecule has 4 N–H and O–H groups in total. The van der Waals surface area contributed by atoms with Crippen LogP contribution in [0.4, 0.5) is 5.69 Å². The summed E-state index contributed by atoms with van der Waals surface area (Å²) in [6.45, 7) is 2.72. The van der Waals surface area contributed by atoms with Gasteiger partial charge in [0.2, 0.25) is 0 Å². The number of hydrogen-bond donors (Lipinski definition) is 2. The van der Waals surface area contributed by atoms with E-state index in [2.05, 4.69) is 85.8 Å². The molecule has 4 aromatic rings. The minimum Gasteiger partial charge on any atom is -0.399 e. The van der Waals surface area contributed by atoms with E-state index >= 15 is 0 Å². The van der Waals surface area contributed by atoms with Crippen LogP contribution in [0.1, 0.15) is 11.1 Å². The first-order chi connectivity index (χ1) is 13.7. The third-order valence-corrected chi connectivity index (χ3v) is 5.19. The zero-order valence-electron chi connectivity index (χ0n) is 16.0. The number of hydrogen-bond acceptors (Lipinski definition) is 2. The molecule has 0 bridgehead atoms. The number of anilines is 1. The van der Waals surface area contributed by atoms with E-state index in [1.54, 1.807) is 0 Å². The fourth-order valence-electron chi connectivity index (χ4n) is 3.62. The number of benzene rings is 4. The molecule has 0 amide bonds. The standard InChI is InChI=1S/C26H24N2/c1-18-16-22(12-15-24(18)20-10-13-23(28)14-11-20)26-5-3-2-4-25(26)21-8-6-19(17-27)7-9-21/h2-16H,17,27-28H2,1H3. The van der Waals surface area contributed by atoms with E-state index in [0.717, 1.165) is 11.3 Å². The Bertz CT molecular complexity index is 1090. The Morgan fingerprint density at radius 2 is 1.14 bits per heavy atom. The van der Waals surface area contributed by atoms with E-state index in [4.69, 9.17) is 11.5 Å². The summed E-state index contributed by atoms with van der Waals surface area (Å²) in [4.78, 5) is 0. The lowest BCUT2D eigenvalue weighted by Crippen LogP contribution is -1.95. The SMILES string of the molecule is Cc1cc(-c2ccccc2-c2ccc(CN)cc2)ccc1-c1ccc(N)cc1. The fourth-order valence-corrected chi connectivity index (χ4v) is 3.62. The van der Waals surface area contributed by atoms with Crippen LogP contribution in [-0.4, -0.2) is 0 Å². The molecule has 138 valence electrons. The summed E-state index contributed by atoms with van der Waals surface area (Å²) < 4.78 is 0. The number of nitrogen functional groups attached to an aromatic ring is 1. The molecule has 0 aliphatic heterocycles. The van der Waals surface area contributed by atoms with Crippen molar-refractivity contribution in [2.75, 3.05) is 5.73 Å². The van der Waals surface area contributed by atoms with E-state index in [9.17, 15) is 0 Å². The molecular formula is C26H24N2. The molecule has 0 saturated heterocycles. The number of rotatable bonds is 4. The summed E-state index contributed by atoms with van der Waals surface area (Å²) in [6.07, 6.45) is 0. The lowest BCUT2D eigenvalue weighted by atomic mass is 9.91. The molecule has 0 fully saturated rings. The van der Waals surface area contributed by atoms with Gasteiger partial charge < -0.3 is 11.5 Å². The average Bonchev–Trinajstić information content (AvgIpc) is 2.74. The quantitative estimate of drug-likeness (QED) is 0.434. The molecule has 28 heavy (non-hydrogen) atoms. The van der Waals surface area contributed by atoms with Gasteiger partial charge in [-0.05, 0) is 63.6 Å². The zero-order valence-corrected chi connectivity index (χ0v) is 16.0. The van der Waals surface area contributed by atoms with Crippen molar-refractivity contribution < 1.29 is 0 Å². The molecule has 0 spiro atoms. The van der Waals surface area contributed by atoms with Crippen molar-refractivity contribution in [1.82, 2.24) is 0 Å². The lowest BCUT2D eigenvalue weighted by molar-refractivity contribution is 1.07. The van der Waals surface area contributed by atoms with Gasteiger partial charge in [0.1, 0.15) is 0 Å². The Kier molecular flexibility index (Phi) is 4.96. The van der Waals surface area contributed by atoms with Crippen molar-refractivity contribution in [3.8, 4) is 33.4 Å². The third kappa shape index (κ3) is 3.55. The van der Waals surface area contributed by atoms with Gasteiger partial charge in [-0.15, -0.1) is 0 Å². The van der Waals surface area contributed by atoms with Crippen LogP contribution in [0.25, 0.3) is 33.4 Å². The van der Waals surface area contributed by atoms with Gasteiger partial charge in [-0.25, -0.2) is 0 Å². The van der Waals surface area contributed by atoms with Crippen molar-refractivity contribution in [2.24, 2.45) is 5.73 Å². The summed E-state index contributed by atoms with van der Waals surface area (Å²) in [6, 6.07) is 31.7. The van der Waals surface area contributed by atoms with Crippen LogP contribution < -0.4 is 11.5 Å². The van der Waals surface area contributed by atoms with Crippen molar-refractivity contribution in [3.63, 3.8) is 0 Å². The average molecular weight is 364 g/mol. The third-order valence-electron chi connectivity index (χ3n) is 5.19. The van der Waals surface area contributed by atoms with Gasteiger partial charge in [0.15, 0.2) is 0 Å². The Hall–Kier alpha value is -3.36. The van der Waals surface area contributed by atoms with Crippen LogP contribution in [-0.2, 0) is 6.54 Å². The zero-order chi connectivity index (χ0) is 19.5. The maximum atomic E-state index is 5.83. The molecule has 0 heterocycles. The second kappa shape index (κ2) is 7.71. The van der Waals surface area contributed by atoms with Crippen LogP contribution >= 0.6 is 0 Å². The highest BCUT2D eigenvalue weighted by atomic mass is 14.5. The van der Waals surface area contributed by atoms with Crippen LogP contribution in [0, 0.1) is 6.92 Å². The Morgan fingerprint density at radius 3 is 1.75 bits per heavy atom. The minimum atomic E-state index is 0.563. The first-order valence-electron chi connectivity index (χ1n) is 9.51. The van der Waals surface area contributed by atoms with Gasteiger partial charge >= 0.3 is 0 Å². The summed E-state index contributed by atoms with van der Waals surface area (Å²) >= 11 is 0.